The minimum Gasteiger partial charge on any atom is -0.381 e. The van der Waals surface area contributed by atoms with Crippen LogP contribution in [0.15, 0.2) is 59.5 Å². The summed E-state index contributed by atoms with van der Waals surface area (Å²) in [5, 5.41) is 3.42. The number of benzene rings is 2. The maximum absolute atomic E-state index is 3.42. The number of rotatable bonds is 4. The Morgan fingerprint density at radius 1 is 1.00 bits per heavy atom. The number of thioether (sulfide) groups is 1. The molecule has 0 aliphatic heterocycles. The molecule has 0 aliphatic rings. The molecule has 0 heterocycles. The van der Waals surface area contributed by atoms with Crippen molar-refractivity contribution in [1.82, 2.24) is 0 Å². The first-order chi connectivity index (χ1) is 7.88. The lowest BCUT2D eigenvalue weighted by molar-refractivity contribution is 1.14. The molecule has 0 saturated carbocycles. The van der Waals surface area contributed by atoms with Crippen LogP contribution in [0, 0.1) is 0 Å². The van der Waals surface area contributed by atoms with Gasteiger partial charge in [0.25, 0.3) is 0 Å². The predicted octanol–water partition coefficient (Wildman–Crippen LogP) is 4.02. The lowest BCUT2D eigenvalue weighted by Crippen LogP contribution is -1.98. The maximum atomic E-state index is 3.42. The molecule has 82 valence electrons. The van der Waals surface area contributed by atoms with Crippen LogP contribution in [0.1, 0.15) is 5.56 Å². The van der Waals surface area contributed by atoms with E-state index < -0.39 is 0 Å². The van der Waals surface area contributed by atoms with E-state index in [1.54, 1.807) is 11.8 Å². The van der Waals surface area contributed by atoms with Gasteiger partial charge in [-0.05, 0) is 30.0 Å². The van der Waals surface area contributed by atoms with Gasteiger partial charge in [-0.2, -0.15) is 0 Å². The molecule has 0 atom stereocenters. The van der Waals surface area contributed by atoms with E-state index in [4.69, 9.17) is 0 Å². The molecular formula is C14H15NS. The first-order valence-electron chi connectivity index (χ1n) is 5.30. The molecule has 0 spiro atoms. The number of anilines is 1. The van der Waals surface area contributed by atoms with Crippen LogP contribution in [0.2, 0.25) is 0 Å². The molecule has 0 fully saturated rings. The van der Waals surface area contributed by atoms with Gasteiger partial charge in [0.1, 0.15) is 0 Å². The smallest absolute Gasteiger partial charge is 0.0400 e. The summed E-state index contributed by atoms with van der Waals surface area (Å²) < 4.78 is 0. The second kappa shape index (κ2) is 5.61. The topological polar surface area (TPSA) is 12.0 Å². The van der Waals surface area contributed by atoms with Crippen LogP contribution in [0.4, 0.5) is 5.69 Å². The highest BCUT2D eigenvalue weighted by Crippen LogP contribution is 2.19. The SMILES string of the molecule is CSc1cccc(NCc2ccccc2)c1. The standard InChI is InChI=1S/C14H15NS/c1-16-14-9-5-8-13(10-14)15-11-12-6-3-2-4-7-12/h2-10,15H,11H2,1H3. The third kappa shape index (κ3) is 3.04. The molecule has 1 nitrogen and oxygen atoms in total. The highest BCUT2D eigenvalue weighted by molar-refractivity contribution is 7.98. The lowest BCUT2D eigenvalue weighted by atomic mass is 10.2. The van der Waals surface area contributed by atoms with Crippen LogP contribution in [0.5, 0.6) is 0 Å². The molecule has 2 aromatic rings. The summed E-state index contributed by atoms with van der Waals surface area (Å²) in [6.07, 6.45) is 2.09. The Morgan fingerprint density at radius 3 is 2.56 bits per heavy atom. The third-order valence-corrected chi connectivity index (χ3v) is 3.13. The minimum absolute atomic E-state index is 0.874. The molecule has 0 radical (unpaired) electrons. The van der Waals surface area contributed by atoms with Crippen molar-refractivity contribution >= 4 is 17.4 Å². The van der Waals surface area contributed by atoms with Gasteiger partial charge in [0.05, 0.1) is 0 Å². The zero-order chi connectivity index (χ0) is 11.2. The van der Waals surface area contributed by atoms with Crippen molar-refractivity contribution in [3.63, 3.8) is 0 Å². The monoisotopic (exact) mass is 229 g/mol. The summed E-state index contributed by atoms with van der Waals surface area (Å²) in [6, 6.07) is 18.9. The van der Waals surface area contributed by atoms with Gasteiger partial charge in [-0.1, -0.05) is 36.4 Å². The van der Waals surface area contributed by atoms with Crippen molar-refractivity contribution in [2.75, 3.05) is 11.6 Å². The van der Waals surface area contributed by atoms with Gasteiger partial charge in [-0.3, -0.25) is 0 Å². The van der Waals surface area contributed by atoms with Gasteiger partial charge in [-0.25, -0.2) is 0 Å². The molecule has 0 bridgehead atoms. The van der Waals surface area contributed by atoms with Crippen molar-refractivity contribution in [3.8, 4) is 0 Å². The molecule has 2 aromatic carbocycles. The molecule has 0 unspecified atom stereocenters. The second-order valence-corrected chi connectivity index (χ2v) is 4.45. The minimum atomic E-state index is 0.874. The summed E-state index contributed by atoms with van der Waals surface area (Å²) in [6.45, 7) is 0.874. The quantitative estimate of drug-likeness (QED) is 0.795. The fourth-order valence-electron chi connectivity index (χ4n) is 1.53. The van der Waals surface area contributed by atoms with Crippen molar-refractivity contribution < 1.29 is 0 Å². The molecule has 0 aromatic heterocycles. The zero-order valence-electron chi connectivity index (χ0n) is 9.31. The van der Waals surface area contributed by atoms with Gasteiger partial charge < -0.3 is 5.32 Å². The Bertz CT molecular complexity index is 439. The summed E-state index contributed by atoms with van der Waals surface area (Å²) in [4.78, 5) is 1.29. The Balaban J connectivity index is 1.99. The summed E-state index contributed by atoms with van der Waals surface area (Å²) in [5.74, 6) is 0. The molecule has 2 rings (SSSR count). The van der Waals surface area contributed by atoms with E-state index in [0.29, 0.717) is 0 Å². The maximum Gasteiger partial charge on any atom is 0.0400 e. The Kier molecular flexibility index (Phi) is 3.89. The van der Waals surface area contributed by atoms with E-state index in [9.17, 15) is 0 Å². The van der Waals surface area contributed by atoms with Gasteiger partial charge in [0.15, 0.2) is 0 Å². The normalized spacial score (nSPS) is 10.1. The van der Waals surface area contributed by atoms with E-state index in [0.717, 1.165) is 6.54 Å². The van der Waals surface area contributed by atoms with Crippen LogP contribution < -0.4 is 5.32 Å². The first kappa shape index (κ1) is 11.1. The largest absolute Gasteiger partial charge is 0.381 e. The van der Waals surface area contributed by atoms with Crippen LogP contribution in [0.3, 0.4) is 0 Å². The predicted molar refractivity (Wildman–Crippen MR) is 72.0 cm³/mol. The molecule has 1 N–H and O–H groups in total. The summed E-state index contributed by atoms with van der Waals surface area (Å²) in [5.41, 5.74) is 2.48. The molecule has 16 heavy (non-hydrogen) atoms. The average molecular weight is 229 g/mol. The Hall–Kier alpha value is -1.41. The molecule has 0 aliphatic carbocycles. The van der Waals surface area contributed by atoms with Crippen molar-refractivity contribution in [1.29, 1.82) is 0 Å². The van der Waals surface area contributed by atoms with Crippen LogP contribution in [-0.4, -0.2) is 6.26 Å². The number of nitrogens with one attached hydrogen (secondary N) is 1. The summed E-state index contributed by atoms with van der Waals surface area (Å²) in [7, 11) is 0. The van der Waals surface area contributed by atoms with Gasteiger partial charge in [0.2, 0.25) is 0 Å². The van der Waals surface area contributed by atoms with E-state index >= 15 is 0 Å². The van der Waals surface area contributed by atoms with Crippen LogP contribution >= 0.6 is 11.8 Å². The van der Waals surface area contributed by atoms with Gasteiger partial charge in [-0.15, -0.1) is 11.8 Å². The average Bonchev–Trinajstić information content (AvgIpc) is 2.38. The first-order valence-corrected chi connectivity index (χ1v) is 6.53. The van der Waals surface area contributed by atoms with Crippen molar-refractivity contribution in [2.24, 2.45) is 0 Å². The van der Waals surface area contributed by atoms with E-state index in [2.05, 4.69) is 60.1 Å². The number of hydrogen-bond donors (Lipinski definition) is 1. The van der Waals surface area contributed by atoms with Gasteiger partial charge >= 0.3 is 0 Å². The van der Waals surface area contributed by atoms with Crippen molar-refractivity contribution in [3.05, 3.63) is 60.2 Å². The van der Waals surface area contributed by atoms with Gasteiger partial charge in [0, 0.05) is 17.1 Å². The van der Waals surface area contributed by atoms with E-state index in [1.165, 1.54) is 16.1 Å². The number of hydrogen-bond acceptors (Lipinski definition) is 2. The Morgan fingerprint density at radius 2 is 1.81 bits per heavy atom. The zero-order valence-corrected chi connectivity index (χ0v) is 10.1. The third-order valence-electron chi connectivity index (χ3n) is 2.41. The van der Waals surface area contributed by atoms with E-state index in [1.807, 2.05) is 6.07 Å². The molecular weight excluding hydrogens is 214 g/mol. The lowest BCUT2D eigenvalue weighted by Gasteiger charge is -2.07. The Labute approximate surface area is 101 Å². The van der Waals surface area contributed by atoms with Crippen LogP contribution in [-0.2, 0) is 6.54 Å². The summed E-state index contributed by atoms with van der Waals surface area (Å²) >= 11 is 1.76. The highest BCUT2D eigenvalue weighted by Gasteiger charge is 1.95. The second-order valence-electron chi connectivity index (χ2n) is 3.57. The molecule has 2 heteroatoms. The van der Waals surface area contributed by atoms with Crippen LogP contribution in [0.25, 0.3) is 0 Å². The highest BCUT2D eigenvalue weighted by atomic mass is 32.2. The van der Waals surface area contributed by atoms with Crippen molar-refractivity contribution in [2.45, 2.75) is 11.4 Å². The molecule has 0 saturated heterocycles. The molecule has 0 amide bonds. The fraction of sp³-hybridized carbons (Fsp3) is 0.143. The fourth-order valence-corrected chi connectivity index (χ4v) is 1.99. The van der Waals surface area contributed by atoms with E-state index in [-0.39, 0.29) is 0 Å².